The van der Waals surface area contributed by atoms with Gasteiger partial charge in [0, 0.05) is 18.0 Å². The molecule has 0 aliphatic carbocycles. The van der Waals surface area contributed by atoms with E-state index in [1.807, 2.05) is 12.1 Å². The number of hydrogen-bond donors (Lipinski definition) is 0. The van der Waals surface area contributed by atoms with Gasteiger partial charge >= 0.3 is 0 Å². The summed E-state index contributed by atoms with van der Waals surface area (Å²) in [5.41, 5.74) is 2.21. The first-order valence-corrected chi connectivity index (χ1v) is 8.96. The molecular formula is C20H31NO. The van der Waals surface area contributed by atoms with E-state index < -0.39 is 0 Å². The maximum Gasteiger partial charge on any atom is 0.162 e. The predicted octanol–water partition coefficient (Wildman–Crippen LogP) is 4.72. The monoisotopic (exact) mass is 301 g/mol. The fourth-order valence-electron chi connectivity index (χ4n) is 3.44. The lowest BCUT2D eigenvalue weighted by Crippen LogP contribution is -2.29. The SMILES string of the molecule is CCN1CCC[C@H]1CCC(=O)c1cccc(CCC(C)C)c1. The third kappa shape index (κ3) is 4.95. The van der Waals surface area contributed by atoms with Crippen LogP contribution < -0.4 is 0 Å². The van der Waals surface area contributed by atoms with E-state index in [4.69, 9.17) is 0 Å². The zero-order valence-corrected chi connectivity index (χ0v) is 14.5. The summed E-state index contributed by atoms with van der Waals surface area (Å²) < 4.78 is 0. The Morgan fingerprint density at radius 3 is 2.91 bits per heavy atom. The molecular weight excluding hydrogens is 270 g/mol. The van der Waals surface area contributed by atoms with Crippen molar-refractivity contribution < 1.29 is 4.79 Å². The molecule has 1 aromatic rings. The van der Waals surface area contributed by atoms with Gasteiger partial charge in [0.15, 0.2) is 5.78 Å². The lowest BCUT2D eigenvalue weighted by Gasteiger charge is -2.22. The van der Waals surface area contributed by atoms with Crippen LogP contribution in [0.5, 0.6) is 0 Å². The first-order valence-electron chi connectivity index (χ1n) is 8.96. The molecule has 0 bridgehead atoms. The molecule has 0 spiro atoms. The first-order chi connectivity index (χ1) is 10.6. The van der Waals surface area contributed by atoms with E-state index in [1.165, 1.54) is 31.4 Å². The van der Waals surface area contributed by atoms with Gasteiger partial charge in [-0.2, -0.15) is 0 Å². The zero-order chi connectivity index (χ0) is 15.9. The van der Waals surface area contributed by atoms with Crippen LogP contribution in [0.2, 0.25) is 0 Å². The lowest BCUT2D eigenvalue weighted by molar-refractivity contribution is 0.0968. The third-order valence-electron chi connectivity index (χ3n) is 4.87. The highest BCUT2D eigenvalue weighted by Crippen LogP contribution is 2.22. The largest absolute Gasteiger partial charge is 0.301 e. The van der Waals surface area contributed by atoms with Crippen molar-refractivity contribution in [2.24, 2.45) is 5.92 Å². The number of carbonyl (C=O) groups excluding carboxylic acids is 1. The van der Waals surface area contributed by atoms with Gasteiger partial charge < -0.3 is 4.90 Å². The highest BCUT2D eigenvalue weighted by Gasteiger charge is 2.23. The van der Waals surface area contributed by atoms with E-state index in [-0.39, 0.29) is 0 Å². The summed E-state index contributed by atoms with van der Waals surface area (Å²) in [6, 6.07) is 8.90. The normalized spacial score (nSPS) is 19.0. The highest BCUT2D eigenvalue weighted by molar-refractivity contribution is 5.96. The van der Waals surface area contributed by atoms with E-state index >= 15 is 0 Å². The average molecular weight is 301 g/mol. The standard InChI is InChI=1S/C20H31NO/c1-4-21-14-6-9-19(21)12-13-20(22)18-8-5-7-17(15-18)11-10-16(2)3/h5,7-8,15-16,19H,4,6,9-14H2,1-3H3/t19-/m0/s1. The summed E-state index contributed by atoms with van der Waals surface area (Å²) in [5.74, 6) is 1.02. The molecule has 1 saturated heterocycles. The highest BCUT2D eigenvalue weighted by atomic mass is 16.1. The minimum atomic E-state index is 0.314. The van der Waals surface area contributed by atoms with Crippen LogP contribution in [-0.2, 0) is 6.42 Å². The molecule has 1 atom stereocenters. The molecule has 1 aromatic carbocycles. The number of rotatable bonds is 8. The van der Waals surface area contributed by atoms with Crippen LogP contribution in [0.15, 0.2) is 24.3 Å². The van der Waals surface area contributed by atoms with E-state index in [1.54, 1.807) is 0 Å². The second-order valence-electron chi connectivity index (χ2n) is 7.02. The number of hydrogen-bond acceptors (Lipinski definition) is 2. The van der Waals surface area contributed by atoms with Gasteiger partial charge in [-0.1, -0.05) is 39.0 Å². The fraction of sp³-hybridized carbons (Fsp3) is 0.650. The van der Waals surface area contributed by atoms with Gasteiger partial charge in [-0.05, 0) is 62.7 Å². The summed E-state index contributed by atoms with van der Waals surface area (Å²) in [7, 11) is 0. The Hall–Kier alpha value is -1.15. The molecule has 0 unspecified atom stereocenters. The van der Waals surface area contributed by atoms with Gasteiger partial charge in [0.05, 0.1) is 0 Å². The third-order valence-corrected chi connectivity index (χ3v) is 4.87. The summed E-state index contributed by atoms with van der Waals surface area (Å²) >= 11 is 0. The van der Waals surface area contributed by atoms with Gasteiger partial charge in [0.2, 0.25) is 0 Å². The Morgan fingerprint density at radius 1 is 1.36 bits per heavy atom. The quantitative estimate of drug-likeness (QED) is 0.647. The Labute approximate surface area is 135 Å². The van der Waals surface area contributed by atoms with Crippen LogP contribution >= 0.6 is 0 Å². The molecule has 0 radical (unpaired) electrons. The molecule has 0 saturated carbocycles. The number of likely N-dealkylation sites (tertiary alicyclic amines) is 1. The van der Waals surface area contributed by atoms with Gasteiger partial charge in [-0.25, -0.2) is 0 Å². The summed E-state index contributed by atoms with van der Waals surface area (Å²) in [6.45, 7) is 9.04. The molecule has 2 nitrogen and oxygen atoms in total. The number of nitrogens with zero attached hydrogens (tertiary/aromatic N) is 1. The van der Waals surface area contributed by atoms with Crippen molar-refractivity contribution in [3.63, 3.8) is 0 Å². The number of ketones is 1. The van der Waals surface area contributed by atoms with Crippen LogP contribution in [0.1, 0.15) is 68.8 Å². The molecule has 1 aliphatic rings. The Morgan fingerprint density at radius 2 is 2.18 bits per heavy atom. The molecule has 2 rings (SSSR count). The van der Waals surface area contributed by atoms with Crippen molar-refractivity contribution in [2.45, 2.75) is 65.3 Å². The maximum absolute atomic E-state index is 12.5. The van der Waals surface area contributed by atoms with Gasteiger partial charge in [-0.15, -0.1) is 0 Å². The van der Waals surface area contributed by atoms with Crippen LogP contribution in [0, 0.1) is 5.92 Å². The molecule has 22 heavy (non-hydrogen) atoms. The van der Waals surface area contributed by atoms with E-state index in [0.717, 1.165) is 24.9 Å². The number of benzene rings is 1. The van der Waals surface area contributed by atoms with Crippen molar-refractivity contribution in [1.29, 1.82) is 0 Å². The molecule has 1 aliphatic heterocycles. The minimum Gasteiger partial charge on any atom is -0.301 e. The molecule has 0 aromatic heterocycles. The van der Waals surface area contributed by atoms with Crippen LogP contribution in [0.4, 0.5) is 0 Å². The van der Waals surface area contributed by atoms with Crippen molar-refractivity contribution in [1.82, 2.24) is 4.90 Å². The second kappa shape index (κ2) is 8.47. The smallest absolute Gasteiger partial charge is 0.162 e. The Kier molecular flexibility index (Phi) is 6.63. The fourth-order valence-corrected chi connectivity index (χ4v) is 3.44. The second-order valence-corrected chi connectivity index (χ2v) is 7.02. The maximum atomic E-state index is 12.5. The molecule has 2 heteroatoms. The summed E-state index contributed by atoms with van der Waals surface area (Å²) in [4.78, 5) is 15.0. The van der Waals surface area contributed by atoms with Crippen molar-refractivity contribution in [3.05, 3.63) is 35.4 Å². The average Bonchev–Trinajstić information content (AvgIpc) is 2.98. The van der Waals surface area contributed by atoms with E-state index in [0.29, 0.717) is 24.2 Å². The summed E-state index contributed by atoms with van der Waals surface area (Å²) in [5, 5.41) is 0. The Bertz CT molecular complexity index is 480. The number of Topliss-reactive ketones (excluding diaryl/α,β-unsaturated/α-hetero) is 1. The van der Waals surface area contributed by atoms with Gasteiger partial charge in [-0.3, -0.25) is 4.79 Å². The van der Waals surface area contributed by atoms with Crippen LogP contribution in [-0.4, -0.2) is 29.8 Å². The van der Waals surface area contributed by atoms with Gasteiger partial charge in [0.1, 0.15) is 0 Å². The summed E-state index contributed by atoms with van der Waals surface area (Å²) in [6.07, 6.45) is 6.51. The van der Waals surface area contributed by atoms with Crippen molar-refractivity contribution in [2.75, 3.05) is 13.1 Å². The zero-order valence-electron chi connectivity index (χ0n) is 14.5. The Balaban J connectivity index is 1.88. The lowest BCUT2D eigenvalue weighted by atomic mass is 9.97. The minimum absolute atomic E-state index is 0.314. The van der Waals surface area contributed by atoms with E-state index in [9.17, 15) is 4.79 Å². The molecule has 1 heterocycles. The molecule has 1 fully saturated rings. The van der Waals surface area contributed by atoms with Gasteiger partial charge in [0.25, 0.3) is 0 Å². The molecule has 0 N–H and O–H groups in total. The van der Waals surface area contributed by atoms with Crippen LogP contribution in [0.25, 0.3) is 0 Å². The first kappa shape index (κ1) is 17.2. The topological polar surface area (TPSA) is 20.3 Å². The molecule has 122 valence electrons. The van der Waals surface area contributed by atoms with Crippen molar-refractivity contribution in [3.8, 4) is 0 Å². The van der Waals surface area contributed by atoms with Crippen LogP contribution in [0.3, 0.4) is 0 Å². The van der Waals surface area contributed by atoms with Crippen molar-refractivity contribution >= 4 is 5.78 Å². The van der Waals surface area contributed by atoms with E-state index in [2.05, 4.69) is 37.8 Å². The molecule has 0 amide bonds. The number of carbonyl (C=O) groups is 1. The number of aryl methyl sites for hydroxylation is 1. The predicted molar refractivity (Wildman–Crippen MR) is 93.4 cm³/mol.